The Morgan fingerprint density at radius 2 is 1.85 bits per heavy atom. The largest absolute Gasteiger partial charge is 0.454 e. The number of nitrogens with zero attached hydrogens (tertiary/aromatic N) is 1. The van der Waals surface area contributed by atoms with E-state index in [1.807, 2.05) is 18.2 Å². The number of amides is 2. The van der Waals surface area contributed by atoms with Crippen LogP contribution in [0.4, 0.5) is 5.69 Å². The molecule has 2 amide bonds. The van der Waals surface area contributed by atoms with Crippen LogP contribution in [0.15, 0.2) is 48.5 Å². The van der Waals surface area contributed by atoms with E-state index in [1.165, 1.54) is 17.4 Å². The van der Waals surface area contributed by atoms with Crippen LogP contribution in [0.5, 0.6) is 11.5 Å². The van der Waals surface area contributed by atoms with Gasteiger partial charge in [0.05, 0.1) is 0 Å². The van der Waals surface area contributed by atoms with E-state index in [0.717, 1.165) is 12.8 Å². The molecule has 0 unspecified atom stereocenters. The van der Waals surface area contributed by atoms with Crippen molar-refractivity contribution in [2.24, 2.45) is 0 Å². The van der Waals surface area contributed by atoms with Gasteiger partial charge in [-0.1, -0.05) is 30.3 Å². The number of carbonyl (C=O) groups excluding carboxylic acids is 2. The number of hydrogen-bond donors (Lipinski definition) is 1. The summed E-state index contributed by atoms with van der Waals surface area (Å²) in [7, 11) is 0. The van der Waals surface area contributed by atoms with E-state index in [2.05, 4.69) is 17.4 Å². The zero-order chi connectivity index (χ0) is 18.4. The average molecular weight is 354 g/mol. The fourth-order valence-corrected chi connectivity index (χ4v) is 2.80. The van der Waals surface area contributed by atoms with Gasteiger partial charge in [0, 0.05) is 25.2 Å². The second-order valence-electron chi connectivity index (χ2n) is 6.08. The Balaban J connectivity index is 1.51. The molecule has 1 aliphatic rings. The monoisotopic (exact) mass is 354 g/mol. The van der Waals surface area contributed by atoms with Crippen LogP contribution in [0.2, 0.25) is 0 Å². The molecule has 1 N–H and O–H groups in total. The predicted octanol–water partition coefficient (Wildman–Crippen LogP) is 2.52. The van der Waals surface area contributed by atoms with Crippen molar-refractivity contribution in [3.05, 3.63) is 54.1 Å². The zero-order valence-corrected chi connectivity index (χ0v) is 14.7. The second-order valence-corrected chi connectivity index (χ2v) is 6.08. The van der Waals surface area contributed by atoms with Gasteiger partial charge in [0.25, 0.3) is 0 Å². The summed E-state index contributed by atoms with van der Waals surface area (Å²) in [4.78, 5) is 25.6. The van der Waals surface area contributed by atoms with E-state index in [1.54, 1.807) is 18.2 Å². The summed E-state index contributed by atoms with van der Waals surface area (Å²) >= 11 is 0. The number of hydrogen-bond acceptors (Lipinski definition) is 4. The Hall–Kier alpha value is -3.02. The van der Waals surface area contributed by atoms with E-state index >= 15 is 0 Å². The molecular formula is C20H22N2O4. The molecule has 0 aliphatic carbocycles. The molecular weight excluding hydrogens is 332 g/mol. The SMILES string of the molecule is CC(=O)N(CC(=O)NCCCc1ccccc1)c1ccc2c(c1)OCO2. The average Bonchev–Trinajstić information content (AvgIpc) is 3.11. The third-order valence-corrected chi connectivity index (χ3v) is 4.16. The highest BCUT2D eigenvalue weighted by molar-refractivity contribution is 5.97. The number of nitrogens with one attached hydrogen (secondary N) is 1. The number of benzene rings is 2. The zero-order valence-electron chi connectivity index (χ0n) is 14.7. The fourth-order valence-electron chi connectivity index (χ4n) is 2.80. The minimum Gasteiger partial charge on any atom is -0.454 e. The molecule has 1 heterocycles. The van der Waals surface area contributed by atoms with Crippen LogP contribution in [-0.4, -0.2) is 31.7 Å². The van der Waals surface area contributed by atoms with Gasteiger partial charge in [-0.05, 0) is 30.5 Å². The minimum absolute atomic E-state index is 0.0275. The molecule has 0 spiro atoms. The standard InChI is InChI=1S/C20H22N2O4/c1-15(23)22(17-9-10-18-19(12-17)26-14-25-18)13-20(24)21-11-5-8-16-6-3-2-4-7-16/h2-4,6-7,9-10,12H,5,8,11,13-14H2,1H3,(H,21,24). The number of anilines is 1. The predicted molar refractivity (Wildman–Crippen MR) is 98.4 cm³/mol. The van der Waals surface area contributed by atoms with Crippen molar-refractivity contribution < 1.29 is 19.1 Å². The first-order chi connectivity index (χ1) is 12.6. The summed E-state index contributed by atoms with van der Waals surface area (Å²) in [5.41, 5.74) is 1.86. The number of ether oxygens (including phenoxy) is 2. The smallest absolute Gasteiger partial charge is 0.240 e. The molecule has 136 valence electrons. The van der Waals surface area contributed by atoms with E-state index < -0.39 is 0 Å². The normalized spacial score (nSPS) is 11.9. The van der Waals surface area contributed by atoms with E-state index in [9.17, 15) is 9.59 Å². The van der Waals surface area contributed by atoms with E-state index in [0.29, 0.717) is 23.7 Å². The van der Waals surface area contributed by atoms with Crippen LogP contribution < -0.4 is 19.7 Å². The molecule has 6 heteroatoms. The number of aryl methyl sites for hydroxylation is 1. The Bertz CT molecular complexity index is 777. The Labute approximate surface area is 152 Å². The molecule has 0 aromatic heterocycles. The van der Waals surface area contributed by atoms with Gasteiger partial charge < -0.3 is 19.7 Å². The third kappa shape index (κ3) is 4.53. The second kappa shape index (κ2) is 8.38. The molecule has 2 aromatic carbocycles. The van der Waals surface area contributed by atoms with Crippen molar-refractivity contribution in [1.29, 1.82) is 0 Å². The quantitative estimate of drug-likeness (QED) is 0.776. The Kier molecular flexibility index (Phi) is 5.73. The van der Waals surface area contributed by atoms with Gasteiger partial charge in [0.2, 0.25) is 18.6 Å². The first-order valence-corrected chi connectivity index (χ1v) is 8.62. The number of rotatable bonds is 7. The van der Waals surface area contributed by atoms with E-state index in [4.69, 9.17) is 9.47 Å². The maximum Gasteiger partial charge on any atom is 0.240 e. The van der Waals surface area contributed by atoms with Gasteiger partial charge in [-0.2, -0.15) is 0 Å². The van der Waals surface area contributed by atoms with Gasteiger partial charge >= 0.3 is 0 Å². The molecule has 3 rings (SSSR count). The Morgan fingerprint density at radius 1 is 1.08 bits per heavy atom. The fraction of sp³-hybridized carbons (Fsp3) is 0.300. The van der Waals surface area contributed by atoms with Crippen molar-refractivity contribution in [1.82, 2.24) is 5.32 Å². The lowest BCUT2D eigenvalue weighted by atomic mass is 10.1. The van der Waals surface area contributed by atoms with Crippen LogP contribution in [-0.2, 0) is 16.0 Å². The molecule has 0 radical (unpaired) electrons. The molecule has 1 aliphatic heterocycles. The van der Waals surface area contributed by atoms with Crippen molar-refractivity contribution in [3.63, 3.8) is 0 Å². The van der Waals surface area contributed by atoms with Gasteiger partial charge in [-0.15, -0.1) is 0 Å². The van der Waals surface area contributed by atoms with Gasteiger partial charge in [-0.25, -0.2) is 0 Å². The first kappa shape index (κ1) is 17.8. The summed E-state index contributed by atoms with van der Waals surface area (Å²) in [6, 6.07) is 15.3. The van der Waals surface area contributed by atoms with Crippen LogP contribution in [0.25, 0.3) is 0 Å². The van der Waals surface area contributed by atoms with Gasteiger partial charge in [-0.3, -0.25) is 9.59 Å². The highest BCUT2D eigenvalue weighted by atomic mass is 16.7. The van der Waals surface area contributed by atoms with Gasteiger partial charge in [0.1, 0.15) is 6.54 Å². The molecule has 0 atom stereocenters. The molecule has 26 heavy (non-hydrogen) atoms. The van der Waals surface area contributed by atoms with Crippen molar-refractivity contribution in [2.45, 2.75) is 19.8 Å². The molecule has 0 saturated heterocycles. The molecule has 0 bridgehead atoms. The highest BCUT2D eigenvalue weighted by Crippen LogP contribution is 2.35. The van der Waals surface area contributed by atoms with Crippen molar-refractivity contribution >= 4 is 17.5 Å². The van der Waals surface area contributed by atoms with Crippen LogP contribution in [0.1, 0.15) is 18.9 Å². The highest BCUT2D eigenvalue weighted by Gasteiger charge is 2.20. The lowest BCUT2D eigenvalue weighted by Crippen LogP contribution is -2.40. The topological polar surface area (TPSA) is 67.9 Å². The van der Waals surface area contributed by atoms with E-state index in [-0.39, 0.29) is 25.2 Å². The minimum atomic E-state index is -0.205. The maximum atomic E-state index is 12.2. The number of fused-ring (bicyclic) bond motifs is 1. The summed E-state index contributed by atoms with van der Waals surface area (Å²) in [6.45, 7) is 2.15. The summed E-state index contributed by atoms with van der Waals surface area (Å²) in [6.07, 6.45) is 1.75. The molecule has 6 nitrogen and oxygen atoms in total. The molecule has 0 fully saturated rings. The first-order valence-electron chi connectivity index (χ1n) is 8.62. The van der Waals surface area contributed by atoms with Crippen LogP contribution >= 0.6 is 0 Å². The maximum absolute atomic E-state index is 12.2. The molecule has 2 aromatic rings. The summed E-state index contributed by atoms with van der Waals surface area (Å²) < 4.78 is 10.6. The van der Waals surface area contributed by atoms with Crippen LogP contribution in [0, 0.1) is 0 Å². The number of carbonyl (C=O) groups is 2. The summed E-state index contributed by atoms with van der Waals surface area (Å²) in [5, 5.41) is 2.87. The van der Waals surface area contributed by atoms with Gasteiger partial charge in [0.15, 0.2) is 11.5 Å². The Morgan fingerprint density at radius 3 is 2.62 bits per heavy atom. The third-order valence-electron chi connectivity index (χ3n) is 4.16. The lowest BCUT2D eigenvalue weighted by Gasteiger charge is -2.21. The molecule has 0 saturated carbocycles. The van der Waals surface area contributed by atoms with Crippen molar-refractivity contribution in [2.75, 3.05) is 24.8 Å². The lowest BCUT2D eigenvalue weighted by molar-refractivity contribution is -0.123. The summed E-state index contributed by atoms with van der Waals surface area (Å²) in [5.74, 6) is 0.828. The van der Waals surface area contributed by atoms with Crippen molar-refractivity contribution in [3.8, 4) is 11.5 Å². The van der Waals surface area contributed by atoms with Crippen LogP contribution in [0.3, 0.4) is 0 Å².